The van der Waals surface area contributed by atoms with Gasteiger partial charge in [-0.3, -0.25) is 0 Å². The van der Waals surface area contributed by atoms with Crippen LogP contribution in [-0.2, 0) is 16.9 Å². The zero-order valence-electron chi connectivity index (χ0n) is 21.1. The lowest BCUT2D eigenvalue weighted by atomic mass is 9.83. The average Bonchev–Trinajstić information content (AvgIpc) is 3.52. The zero-order chi connectivity index (χ0) is 28.1. The van der Waals surface area contributed by atoms with Crippen molar-refractivity contribution >= 4 is 27.5 Å². The first-order chi connectivity index (χ1) is 19.1. The number of aliphatic hydroxyl groups is 1. The molecule has 12 heteroatoms. The van der Waals surface area contributed by atoms with Gasteiger partial charge in [-0.1, -0.05) is 17.3 Å². The van der Waals surface area contributed by atoms with Gasteiger partial charge in [0, 0.05) is 17.0 Å². The number of carboxylic acids is 1. The third kappa shape index (κ3) is 5.43. The molecule has 4 aromatic rings. The molecule has 2 fully saturated rings. The Labute approximate surface area is 230 Å². The van der Waals surface area contributed by atoms with Crippen LogP contribution in [0.2, 0.25) is 0 Å². The molecule has 2 heterocycles. The SMILES string of the molecule is O=C(O)c1ccc2nc(C3(O)CCC(OCc4c(-c5ccccc5OC(F)(F)F)noc4C4CC4)CC3)sc2c1. The van der Waals surface area contributed by atoms with E-state index in [0.717, 1.165) is 12.8 Å². The van der Waals surface area contributed by atoms with Gasteiger partial charge in [0.25, 0.3) is 0 Å². The molecule has 8 nitrogen and oxygen atoms in total. The van der Waals surface area contributed by atoms with Gasteiger partial charge in [-0.15, -0.1) is 24.5 Å². The number of hydrogen-bond donors (Lipinski definition) is 2. The van der Waals surface area contributed by atoms with E-state index >= 15 is 0 Å². The van der Waals surface area contributed by atoms with Crippen molar-refractivity contribution in [2.45, 2.75) is 69.1 Å². The van der Waals surface area contributed by atoms with Crippen LogP contribution in [-0.4, -0.2) is 38.8 Å². The molecule has 0 unspecified atom stereocenters. The summed E-state index contributed by atoms with van der Waals surface area (Å²) in [5, 5.41) is 25.3. The molecule has 6 rings (SSSR count). The summed E-state index contributed by atoms with van der Waals surface area (Å²) in [6.45, 7) is 0.104. The molecular formula is C28H25F3N2O6S. The molecule has 2 aliphatic carbocycles. The maximum absolute atomic E-state index is 13.0. The lowest BCUT2D eigenvalue weighted by Crippen LogP contribution is -2.34. The zero-order valence-corrected chi connectivity index (χ0v) is 21.9. The van der Waals surface area contributed by atoms with Gasteiger partial charge in [-0.05, 0) is 68.9 Å². The van der Waals surface area contributed by atoms with Crippen LogP contribution >= 0.6 is 11.3 Å². The Hall–Kier alpha value is -3.48. The summed E-state index contributed by atoms with van der Waals surface area (Å²) in [4.78, 5) is 15.9. The number of aromatic nitrogens is 2. The van der Waals surface area contributed by atoms with Gasteiger partial charge in [0.15, 0.2) is 0 Å². The Morgan fingerprint density at radius 2 is 1.88 bits per heavy atom. The normalized spacial score (nSPS) is 21.6. The topological polar surface area (TPSA) is 115 Å². The van der Waals surface area contributed by atoms with Crippen molar-refractivity contribution < 1.29 is 42.2 Å². The second kappa shape index (κ2) is 10.2. The summed E-state index contributed by atoms with van der Waals surface area (Å²) >= 11 is 1.29. The summed E-state index contributed by atoms with van der Waals surface area (Å²) in [7, 11) is 0. The van der Waals surface area contributed by atoms with Crippen molar-refractivity contribution in [1.29, 1.82) is 0 Å². The molecule has 210 valence electrons. The highest BCUT2D eigenvalue weighted by Gasteiger charge is 2.39. The molecule has 2 saturated carbocycles. The highest BCUT2D eigenvalue weighted by Crippen LogP contribution is 2.46. The van der Waals surface area contributed by atoms with Crippen molar-refractivity contribution in [2.24, 2.45) is 0 Å². The number of halogens is 3. The lowest BCUT2D eigenvalue weighted by molar-refractivity contribution is -0.274. The van der Waals surface area contributed by atoms with Crippen LogP contribution in [0.3, 0.4) is 0 Å². The second-order valence-electron chi connectivity index (χ2n) is 10.2. The van der Waals surface area contributed by atoms with Crippen LogP contribution in [0.15, 0.2) is 47.0 Å². The fourth-order valence-corrected chi connectivity index (χ4v) is 6.27. The van der Waals surface area contributed by atoms with Crippen LogP contribution in [0.4, 0.5) is 13.2 Å². The van der Waals surface area contributed by atoms with Crippen LogP contribution in [0.5, 0.6) is 5.75 Å². The van der Waals surface area contributed by atoms with E-state index in [1.165, 1.54) is 35.6 Å². The summed E-state index contributed by atoms with van der Waals surface area (Å²) < 4.78 is 55.8. The van der Waals surface area contributed by atoms with E-state index in [9.17, 15) is 28.2 Å². The Balaban J connectivity index is 1.17. The Morgan fingerprint density at radius 1 is 1.12 bits per heavy atom. The number of fused-ring (bicyclic) bond motifs is 1. The maximum Gasteiger partial charge on any atom is 0.573 e. The molecule has 40 heavy (non-hydrogen) atoms. The molecule has 2 aromatic carbocycles. The quantitative estimate of drug-likeness (QED) is 0.237. The Bertz CT molecular complexity index is 1550. The van der Waals surface area contributed by atoms with Gasteiger partial charge >= 0.3 is 12.3 Å². The van der Waals surface area contributed by atoms with Crippen molar-refractivity contribution in [3.8, 4) is 17.0 Å². The standard InChI is InChI=1S/C28H25F3N2O6S/c29-28(30,31)38-21-4-2-1-3-18(21)23-19(24(39-33-23)15-5-6-15)14-37-17-9-11-27(36,12-10-17)26-32-20-8-7-16(25(34)35)13-22(20)40-26/h1-4,7-8,13,15,17,36H,5-6,9-12,14H2,(H,34,35). The predicted octanol–water partition coefficient (Wildman–Crippen LogP) is 6.77. The minimum atomic E-state index is -4.85. The molecule has 0 bridgehead atoms. The number of rotatable bonds is 8. The first kappa shape index (κ1) is 26.7. The van der Waals surface area contributed by atoms with Crippen molar-refractivity contribution in [3.05, 3.63) is 64.4 Å². The highest BCUT2D eigenvalue weighted by atomic mass is 32.1. The first-order valence-corrected chi connectivity index (χ1v) is 13.7. The maximum atomic E-state index is 13.0. The summed E-state index contributed by atoms with van der Waals surface area (Å²) in [6, 6.07) is 10.5. The molecule has 2 aliphatic rings. The number of aromatic carboxylic acids is 1. The third-order valence-electron chi connectivity index (χ3n) is 7.39. The van der Waals surface area contributed by atoms with Gasteiger partial charge in [-0.25, -0.2) is 9.78 Å². The van der Waals surface area contributed by atoms with Gasteiger partial charge in [0.05, 0.1) is 28.5 Å². The summed E-state index contributed by atoms with van der Waals surface area (Å²) in [5.74, 6) is -0.599. The van der Waals surface area contributed by atoms with Crippen LogP contribution in [0.1, 0.15) is 71.1 Å². The Morgan fingerprint density at radius 3 is 2.58 bits per heavy atom. The highest BCUT2D eigenvalue weighted by molar-refractivity contribution is 7.18. The van der Waals surface area contributed by atoms with Crippen LogP contribution in [0, 0.1) is 0 Å². The summed E-state index contributed by atoms with van der Waals surface area (Å²) in [6.07, 6.45) is -1.33. The molecule has 0 radical (unpaired) electrons. The number of para-hydroxylation sites is 1. The smallest absolute Gasteiger partial charge is 0.478 e. The molecule has 2 N–H and O–H groups in total. The van der Waals surface area contributed by atoms with Crippen molar-refractivity contribution in [2.75, 3.05) is 0 Å². The second-order valence-corrected chi connectivity index (χ2v) is 11.3. The number of nitrogens with zero attached hydrogens (tertiary/aromatic N) is 2. The number of ether oxygens (including phenoxy) is 2. The molecule has 0 saturated heterocycles. The largest absolute Gasteiger partial charge is 0.573 e. The number of hydrogen-bond acceptors (Lipinski definition) is 8. The lowest BCUT2D eigenvalue weighted by Gasteiger charge is -2.34. The minimum absolute atomic E-state index is 0.104. The monoisotopic (exact) mass is 574 g/mol. The van der Waals surface area contributed by atoms with Crippen molar-refractivity contribution in [1.82, 2.24) is 10.1 Å². The fraction of sp³-hybridized carbons (Fsp3) is 0.393. The van der Waals surface area contributed by atoms with E-state index in [2.05, 4.69) is 14.9 Å². The van der Waals surface area contributed by atoms with Crippen LogP contribution < -0.4 is 4.74 Å². The minimum Gasteiger partial charge on any atom is -0.478 e. The molecular weight excluding hydrogens is 549 g/mol. The van der Waals surface area contributed by atoms with E-state index in [4.69, 9.17) is 9.26 Å². The van der Waals surface area contributed by atoms with E-state index in [1.807, 2.05) is 0 Å². The van der Waals surface area contributed by atoms with Gasteiger partial charge in [-0.2, -0.15) is 0 Å². The molecule has 2 aromatic heterocycles. The van der Waals surface area contributed by atoms with Gasteiger partial charge < -0.3 is 24.2 Å². The molecule has 0 spiro atoms. The molecule has 0 amide bonds. The van der Waals surface area contributed by atoms with E-state index in [0.29, 0.717) is 52.2 Å². The van der Waals surface area contributed by atoms with E-state index in [1.54, 1.807) is 18.2 Å². The van der Waals surface area contributed by atoms with Crippen molar-refractivity contribution in [3.63, 3.8) is 0 Å². The number of carbonyl (C=O) groups is 1. The third-order valence-corrected chi connectivity index (χ3v) is 8.60. The number of carboxylic acid groups (broad SMARTS) is 1. The summed E-state index contributed by atoms with van der Waals surface area (Å²) in [5.41, 5.74) is 0.708. The molecule has 0 aliphatic heterocycles. The molecule has 0 atom stereocenters. The average molecular weight is 575 g/mol. The van der Waals surface area contributed by atoms with E-state index in [-0.39, 0.29) is 41.2 Å². The van der Waals surface area contributed by atoms with Crippen LogP contribution in [0.25, 0.3) is 21.5 Å². The van der Waals surface area contributed by atoms with Gasteiger partial charge in [0.1, 0.15) is 27.8 Å². The number of benzene rings is 2. The number of alkyl halides is 3. The predicted molar refractivity (Wildman–Crippen MR) is 138 cm³/mol. The number of thiazole rings is 1. The van der Waals surface area contributed by atoms with Gasteiger partial charge in [0.2, 0.25) is 0 Å². The first-order valence-electron chi connectivity index (χ1n) is 12.9. The van der Waals surface area contributed by atoms with E-state index < -0.39 is 17.9 Å². The fourth-order valence-electron chi connectivity index (χ4n) is 5.12. The Kier molecular flexibility index (Phi) is 6.79.